The Bertz CT molecular complexity index is 807. The predicted octanol–water partition coefficient (Wildman–Crippen LogP) is 3.38. The molecule has 0 radical (unpaired) electrons. The first-order chi connectivity index (χ1) is 11.3. The van der Waals surface area contributed by atoms with Gasteiger partial charge in [-0.25, -0.2) is 4.39 Å². The van der Waals surface area contributed by atoms with Crippen molar-refractivity contribution in [2.75, 3.05) is 6.54 Å². The molecule has 0 aliphatic carbocycles. The summed E-state index contributed by atoms with van der Waals surface area (Å²) in [4.78, 5) is 0. The lowest BCUT2D eigenvalue weighted by molar-refractivity contribution is 0.569. The topological polar surface area (TPSA) is 29.9 Å². The summed E-state index contributed by atoms with van der Waals surface area (Å²) in [5, 5.41) is 8.28. The molecule has 1 aliphatic rings. The SMILES string of the molecule is Fc1ccc(Cn2nc(-c3ccccc3)c3c2CNCC3)cc1. The van der Waals surface area contributed by atoms with Gasteiger partial charge in [0.05, 0.1) is 17.9 Å². The molecule has 0 spiro atoms. The van der Waals surface area contributed by atoms with Crippen LogP contribution in [0.1, 0.15) is 16.8 Å². The van der Waals surface area contributed by atoms with Gasteiger partial charge in [-0.1, -0.05) is 42.5 Å². The average molecular weight is 307 g/mol. The lowest BCUT2D eigenvalue weighted by atomic mass is 10.0. The Balaban J connectivity index is 1.75. The highest BCUT2D eigenvalue weighted by atomic mass is 19.1. The van der Waals surface area contributed by atoms with E-state index in [1.165, 1.54) is 23.4 Å². The van der Waals surface area contributed by atoms with Crippen LogP contribution in [0.25, 0.3) is 11.3 Å². The molecule has 2 heterocycles. The quantitative estimate of drug-likeness (QED) is 0.804. The molecule has 3 aromatic rings. The highest BCUT2D eigenvalue weighted by Gasteiger charge is 2.21. The van der Waals surface area contributed by atoms with Gasteiger partial charge in [-0.2, -0.15) is 5.10 Å². The molecule has 1 aliphatic heterocycles. The molecule has 0 unspecified atom stereocenters. The largest absolute Gasteiger partial charge is 0.311 e. The van der Waals surface area contributed by atoms with Crippen molar-refractivity contribution in [3.8, 4) is 11.3 Å². The van der Waals surface area contributed by atoms with E-state index in [2.05, 4.69) is 22.1 Å². The van der Waals surface area contributed by atoms with Crippen molar-refractivity contribution in [2.24, 2.45) is 0 Å². The first-order valence-electron chi connectivity index (χ1n) is 7.90. The fraction of sp³-hybridized carbons (Fsp3) is 0.211. The molecule has 116 valence electrons. The molecule has 0 saturated carbocycles. The van der Waals surface area contributed by atoms with Gasteiger partial charge in [0.2, 0.25) is 0 Å². The van der Waals surface area contributed by atoms with Gasteiger partial charge >= 0.3 is 0 Å². The number of hydrogen-bond donors (Lipinski definition) is 1. The van der Waals surface area contributed by atoms with Crippen LogP contribution in [0.3, 0.4) is 0 Å². The van der Waals surface area contributed by atoms with Crippen molar-refractivity contribution in [3.63, 3.8) is 0 Å². The fourth-order valence-corrected chi connectivity index (χ4v) is 3.14. The van der Waals surface area contributed by atoms with Crippen LogP contribution < -0.4 is 5.32 Å². The first kappa shape index (κ1) is 14.2. The lowest BCUT2D eigenvalue weighted by Gasteiger charge is -2.16. The Morgan fingerprint density at radius 2 is 1.83 bits per heavy atom. The van der Waals surface area contributed by atoms with E-state index in [9.17, 15) is 4.39 Å². The Morgan fingerprint density at radius 3 is 2.61 bits per heavy atom. The molecule has 0 amide bonds. The number of fused-ring (bicyclic) bond motifs is 1. The summed E-state index contributed by atoms with van der Waals surface area (Å²) in [7, 11) is 0. The van der Waals surface area contributed by atoms with E-state index in [-0.39, 0.29) is 5.82 Å². The lowest BCUT2D eigenvalue weighted by Crippen LogP contribution is -2.25. The Kier molecular flexibility index (Phi) is 3.67. The van der Waals surface area contributed by atoms with Crippen LogP contribution in [0.15, 0.2) is 54.6 Å². The van der Waals surface area contributed by atoms with Crippen molar-refractivity contribution in [1.82, 2.24) is 15.1 Å². The molecule has 3 nitrogen and oxygen atoms in total. The number of rotatable bonds is 3. The molecular weight excluding hydrogens is 289 g/mol. The maximum absolute atomic E-state index is 13.1. The van der Waals surface area contributed by atoms with E-state index in [0.29, 0.717) is 6.54 Å². The minimum atomic E-state index is -0.206. The van der Waals surface area contributed by atoms with Gasteiger partial charge in [0.1, 0.15) is 5.82 Å². The fourth-order valence-electron chi connectivity index (χ4n) is 3.14. The zero-order chi connectivity index (χ0) is 15.6. The van der Waals surface area contributed by atoms with Crippen LogP contribution in [0.4, 0.5) is 4.39 Å². The maximum Gasteiger partial charge on any atom is 0.123 e. The van der Waals surface area contributed by atoms with Crippen LogP contribution in [0.5, 0.6) is 0 Å². The number of nitrogens with zero attached hydrogens (tertiary/aromatic N) is 2. The van der Waals surface area contributed by atoms with Crippen molar-refractivity contribution < 1.29 is 4.39 Å². The number of benzene rings is 2. The number of aromatic nitrogens is 2. The molecule has 1 N–H and O–H groups in total. The van der Waals surface area contributed by atoms with Crippen LogP contribution in [0, 0.1) is 5.82 Å². The number of hydrogen-bond acceptors (Lipinski definition) is 2. The third-order valence-electron chi connectivity index (χ3n) is 4.30. The second kappa shape index (κ2) is 5.97. The van der Waals surface area contributed by atoms with E-state index in [4.69, 9.17) is 5.10 Å². The van der Waals surface area contributed by atoms with Gasteiger partial charge in [-0.15, -0.1) is 0 Å². The molecule has 4 heteroatoms. The van der Waals surface area contributed by atoms with E-state index >= 15 is 0 Å². The van der Waals surface area contributed by atoms with Crippen molar-refractivity contribution in [2.45, 2.75) is 19.5 Å². The van der Waals surface area contributed by atoms with E-state index in [0.717, 1.165) is 36.3 Å². The van der Waals surface area contributed by atoms with Crippen molar-refractivity contribution >= 4 is 0 Å². The summed E-state index contributed by atoms with van der Waals surface area (Å²) in [5.74, 6) is -0.206. The molecule has 0 saturated heterocycles. The third kappa shape index (κ3) is 2.78. The molecule has 2 aromatic carbocycles. The second-order valence-corrected chi connectivity index (χ2v) is 5.85. The van der Waals surface area contributed by atoms with E-state index < -0.39 is 0 Å². The van der Waals surface area contributed by atoms with Gasteiger partial charge in [0.25, 0.3) is 0 Å². The minimum absolute atomic E-state index is 0.206. The zero-order valence-electron chi connectivity index (χ0n) is 12.8. The third-order valence-corrected chi connectivity index (χ3v) is 4.30. The highest BCUT2D eigenvalue weighted by molar-refractivity contribution is 5.64. The Morgan fingerprint density at radius 1 is 1.04 bits per heavy atom. The normalized spacial score (nSPS) is 13.8. The van der Waals surface area contributed by atoms with Crippen LogP contribution in [0.2, 0.25) is 0 Å². The summed E-state index contributed by atoms with van der Waals surface area (Å²) in [6.07, 6.45) is 0.989. The molecule has 0 bridgehead atoms. The smallest absolute Gasteiger partial charge is 0.123 e. The van der Waals surface area contributed by atoms with Crippen LogP contribution in [-0.4, -0.2) is 16.3 Å². The standard InChI is InChI=1S/C19H18FN3/c20-16-8-6-14(7-9-16)13-23-18-12-21-11-10-17(18)19(22-23)15-4-2-1-3-5-15/h1-9,21H,10-13H2. The van der Waals surface area contributed by atoms with Gasteiger partial charge < -0.3 is 5.32 Å². The summed E-state index contributed by atoms with van der Waals surface area (Å²) in [6.45, 7) is 2.47. The number of nitrogens with one attached hydrogen (secondary N) is 1. The highest BCUT2D eigenvalue weighted by Crippen LogP contribution is 2.28. The van der Waals surface area contributed by atoms with E-state index in [1.54, 1.807) is 0 Å². The van der Waals surface area contributed by atoms with Gasteiger partial charge in [0.15, 0.2) is 0 Å². The first-order valence-corrected chi connectivity index (χ1v) is 7.90. The summed E-state index contributed by atoms with van der Waals surface area (Å²) in [6, 6.07) is 17.0. The molecule has 4 rings (SSSR count). The van der Waals surface area contributed by atoms with Gasteiger partial charge in [-0.3, -0.25) is 4.68 Å². The van der Waals surface area contributed by atoms with Gasteiger partial charge in [0, 0.05) is 17.7 Å². The maximum atomic E-state index is 13.1. The van der Waals surface area contributed by atoms with E-state index in [1.807, 2.05) is 30.3 Å². The zero-order valence-corrected chi connectivity index (χ0v) is 12.8. The number of halogens is 1. The summed E-state index contributed by atoms with van der Waals surface area (Å²) in [5.41, 5.74) is 5.85. The molecule has 23 heavy (non-hydrogen) atoms. The average Bonchev–Trinajstić information content (AvgIpc) is 2.97. The molecule has 0 fully saturated rings. The molecule has 0 atom stereocenters. The summed E-state index contributed by atoms with van der Waals surface area (Å²) < 4.78 is 15.1. The monoisotopic (exact) mass is 307 g/mol. The second-order valence-electron chi connectivity index (χ2n) is 5.85. The predicted molar refractivity (Wildman–Crippen MR) is 88.6 cm³/mol. The van der Waals surface area contributed by atoms with Crippen molar-refractivity contribution in [1.29, 1.82) is 0 Å². The van der Waals surface area contributed by atoms with Crippen molar-refractivity contribution in [3.05, 3.63) is 77.2 Å². The molecular formula is C19H18FN3. The molecule has 1 aromatic heterocycles. The van der Waals surface area contributed by atoms with Gasteiger partial charge in [-0.05, 0) is 30.7 Å². The van der Waals surface area contributed by atoms with Crippen LogP contribution >= 0.6 is 0 Å². The summed E-state index contributed by atoms with van der Waals surface area (Å²) >= 11 is 0. The Hall–Kier alpha value is -2.46. The Labute approximate surface area is 134 Å². The minimum Gasteiger partial charge on any atom is -0.311 e. The van der Waals surface area contributed by atoms with Crippen LogP contribution in [-0.2, 0) is 19.5 Å².